The molecule has 0 aliphatic carbocycles. The van der Waals surface area contributed by atoms with E-state index in [0.29, 0.717) is 12.3 Å². The van der Waals surface area contributed by atoms with Gasteiger partial charge in [0.15, 0.2) is 11.5 Å². The van der Waals surface area contributed by atoms with Crippen molar-refractivity contribution in [3.8, 4) is 0 Å². The summed E-state index contributed by atoms with van der Waals surface area (Å²) in [5, 5.41) is 10.6. The molecule has 1 amide bonds. The molecular formula is C13H20N4O3. The smallest absolute Gasteiger partial charge is 0.271 e. The molecule has 1 aliphatic rings. The van der Waals surface area contributed by atoms with E-state index in [4.69, 9.17) is 9.47 Å². The van der Waals surface area contributed by atoms with Gasteiger partial charge in [0.05, 0.1) is 18.8 Å². The van der Waals surface area contributed by atoms with E-state index in [1.165, 1.54) is 0 Å². The van der Waals surface area contributed by atoms with Crippen molar-refractivity contribution in [1.82, 2.24) is 15.5 Å². The van der Waals surface area contributed by atoms with E-state index in [-0.39, 0.29) is 18.1 Å². The van der Waals surface area contributed by atoms with E-state index in [1.807, 2.05) is 0 Å². The van der Waals surface area contributed by atoms with Crippen LogP contribution < -0.4 is 10.2 Å². The number of carbonyl (C=O) groups is 1. The van der Waals surface area contributed by atoms with Crippen molar-refractivity contribution < 1.29 is 14.3 Å². The predicted molar refractivity (Wildman–Crippen MR) is 73.8 cm³/mol. The highest BCUT2D eigenvalue weighted by Crippen LogP contribution is 2.25. The lowest BCUT2D eigenvalue weighted by atomic mass is 10.2. The van der Waals surface area contributed by atoms with Gasteiger partial charge >= 0.3 is 0 Å². The summed E-state index contributed by atoms with van der Waals surface area (Å²) in [6.45, 7) is 1.36. The summed E-state index contributed by atoms with van der Waals surface area (Å²) in [7, 11) is 4.95. The summed E-state index contributed by atoms with van der Waals surface area (Å²) in [5.41, 5.74) is 0.307. The van der Waals surface area contributed by atoms with Crippen LogP contribution in [0.1, 0.15) is 16.9 Å². The minimum absolute atomic E-state index is 0.163. The van der Waals surface area contributed by atoms with Gasteiger partial charge in [-0.15, -0.1) is 10.2 Å². The van der Waals surface area contributed by atoms with Crippen LogP contribution in [-0.4, -0.2) is 62.7 Å². The Bertz CT molecular complexity index is 451. The molecule has 2 atom stereocenters. The number of aromatic nitrogens is 2. The van der Waals surface area contributed by atoms with Gasteiger partial charge in [0, 0.05) is 27.8 Å². The molecule has 1 aliphatic heterocycles. The van der Waals surface area contributed by atoms with E-state index < -0.39 is 0 Å². The Hall–Kier alpha value is -1.73. The van der Waals surface area contributed by atoms with Gasteiger partial charge < -0.3 is 19.7 Å². The molecule has 7 heteroatoms. The predicted octanol–water partition coefficient (Wildman–Crippen LogP) is 0.0763. The number of nitrogens with zero attached hydrogens (tertiary/aromatic N) is 3. The number of anilines is 1. The Morgan fingerprint density at radius 2 is 2.25 bits per heavy atom. The molecule has 0 spiro atoms. The monoisotopic (exact) mass is 280 g/mol. The molecule has 110 valence electrons. The van der Waals surface area contributed by atoms with Gasteiger partial charge in [-0.25, -0.2) is 0 Å². The third kappa shape index (κ3) is 3.05. The maximum atomic E-state index is 11.4. The number of amides is 1. The first kappa shape index (κ1) is 14.7. The maximum Gasteiger partial charge on any atom is 0.271 e. The fourth-order valence-corrected chi connectivity index (χ4v) is 2.40. The van der Waals surface area contributed by atoms with Crippen molar-refractivity contribution in [3.05, 3.63) is 17.8 Å². The van der Waals surface area contributed by atoms with Crippen molar-refractivity contribution in [2.24, 2.45) is 0 Å². The second-order valence-electron chi connectivity index (χ2n) is 4.71. The Labute approximate surface area is 118 Å². The Morgan fingerprint density at radius 3 is 2.80 bits per heavy atom. The Morgan fingerprint density at radius 1 is 1.45 bits per heavy atom. The largest absolute Gasteiger partial charge is 0.383 e. The lowest BCUT2D eigenvalue weighted by Gasteiger charge is -2.24. The molecule has 0 bridgehead atoms. The third-order valence-corrected chi connectivity index (χ3v) is 3.47. The van der Waals surface area contributed by atoms with Crippen LogP contribution in [0.3, 0.4) is 0 Å². The van der Waals surface area contributed by atoms with Gasteiger partial charge in [-0.05, 0) is 18.6 Å². The van der Waals surface area contributed by atoms with Crippen molar-refractivity contribution in [3.63, 3.8) is 0 Å². The first-order chi connectivity index (χ1) is 9.69. The number of hydrogen-bond donors (Lipinski definition) is 1. The molecule has 0 saturated carbocycles. The van der Waals surface area contributed by atoms with E-state index in [9.17, 15) is 4.79 Å². The average Bonchev–Trinajstić information content (AvgIpc) is 2.90. The van der Waals surface area contributed by atoms with Crippen LogP contribution in [0, 0.1) is 0 Å². The molecule has 0 unspecified atom stereocenters. The highest BCUT2D eigenvalue weighted by molar-refractivity contribution is 5.91. The number of rotatable bonds is 5. The van der Waals surface area contributed by atoms with Gasteiger partial charge in [-0.2, -0.15) is 0 Å². The van der Waals surface area contributed by atoms with E-state index in [0.717, 1.165) is 18.8 Å². The second-order valence-corrected chi connectivity index (χ2v) is 4.71. The lowest BCUT2D eigenvalue weighted by Crippen LogP contribution is -2.34. The topological polar surface area (TPSA) is 76.6 Å². The number of ether oxygens (including phenoxy) is 2. The summed E-state index contributed by atoms with van der Waals surface area (Å²) in [5.74, 6) is 0.493. The van der Waals surface area contributed by atoms with Crippen LogP contribution in [0.4, 0.5) is 5.82 Å². The first-order valence-corrected chi connectivity index (χ1v) is 6.53. The van der Waals surface area contributed by atoms with Crippen molar-refractivity contribution >= 4 is 11.7 Å². The fourth-order valence-electron chi connectivity index (χ4n) is 2.40. The Kier molecular flexibility index (Phi) is 4.86. The first-order valence-electron chi connectivity index (χ1n) is 6.53. The average molecular weight is 280 g/mol. The number of nitrogens with one attached hydrogen (secondary N) is 1. The summed E-state index contributed by atoms with van der Waals surface area (Å²) in [4.78, 5) is 13.6. The standard InChI is InChI=1S/C13H20N4O3/c1-14-13(18)11-4-5-12(16-15-11)17-7-10(20-3)6-9(17)8-19-2/h4-5,9-10H,6-8H2,1-3H3,(H,14,18)/t9-,10+/m0/s1. The van der Waals surface area contributed by atoms with Crippen molar-refractivity contribution in [2.45, 2.75) is 18.6 Å². The minimum atomic E-state index is -0.242. The van der Waals surface area contributed by atoms with Crippen LogP contribution in [0.5, 0.6) is 0 Å². The maximum absolute atomic E-state index is 11.4. The van der Waals surface area contributed by atoms with Crippen molar-refractivity contribution in [2.75, 3.05) is 39.3 Å². The van der Waals surface area contributed by atoms with Crippen LogP contribution in [0.15, 0.2) is 12.1 Å². The molecular weight excluding hydrogens is 260 g/mol. The van der Waals surface area contributed by atoms with Gasteiger partial charge in [0.2, 0.25) is 0 Å². The zero-order valence-electron chi connectivity index (χ0n) is 12.0. The second kappa shape index (κ2) is 6.62. The number of carbonyl (C=O) groups excluding carboxylic acids is 1. The SMILES string of the molecule is CNC(=O)c1ccc(N2C[C@H](OC)C[C@H]2COC)nn1. The lowest BCUT2D eigenvalue weighted by molar-refractivity contribution is 0.0957. The molecule has 2 heterocycles. The van der Waals surface area contributed by atoms with Gasteiger partial charge in [0.25, 0.3) is 5.91 Å². The molecule has 1 saturated heterocycles. The molecule has 1 aromatic heterocycles. The quantitative estimate of drug-likeness (QED) is 0.823. The van der Waals surface area contributed by atoms with Crippen LogP contribution in [-0.2, 0) is 9.47 Å². The van der Waals surface area contributed by atoms with E-state index in [2.05, 4.69) is 20.4 Å². The molecule has 2 rings (SSSR count). The Balaban J connectivity index is 2.14. The normalized spacial score (nSPS) is 22.1. The molecule has 7 nitrogen and oxygen atoms in total. The van der Waals surface area contributed by atoms with Crippen molar-refractivity contribution in [1.29, 1.82) is 0 Å². The highest BCUT2D eigenvalue weighted by atomic mass is 16.5. The van der Waals surface area contributed by atoms with E-state index >= 15 is 0 Å². The molecule has 20 heavy (non-hydrogen) atoms. The van der Waals surface area contributed by atoms with Gasteiger partial charge in [-0.1, -0.05) is 0 Å². The number of methoxy groups -OCH3 is 2. The van der Waals surface area contributed by atoms with Gasteiger partial charge in [-0.3, -0.25) is 4.79 Å². The summed E-state index contributed by atoms with van der Waals surface area (Å²) >= 11 is 0. The highest BCUT2D eigenvalue weighted by Gasteiger charge is 2.33. The van der Waals surface area contributed by atoms with Crippen LogP contribution in [0.2, 0.25) is 0 Å². The zero-order valence-corrected chi connectivity index (χ0v) is 12.0. The zero-order chi connectivity index (χ0) is 14.5. The minimum Gasteiger partial charge on any atom is -0.383 e. The third-order valence-electron chi connectivity index (χ3n) is 3.47. The molecule has 1 aromatic rings. The molecule has 0 radical (unpaired) electrons. The fraction of sp³-hybridized carbons (Fsp3) is 0.615. The molecule has 1 N–H and O–H groups in total. The summed E-state index contributed by atoms with van der Waals surface area (Å²) < 4.78 is 10.6. The number of hydrogen-bond acceptors (Lipinski definition) is 6. The summed E-state index contributed by atoms with van der Waals surface area (Å²) in [6.07, 6.45) is 1.05. The van der Waals surface area contributed by atoms with E-state index in [1.54, 1.807) is 33.4 Å². The summed E-state index contributed by atoms with van der Waals surface area (Å²) in [6, 6.07) is 3.69. The van der Waals surface area contributed by atoms with Crippen LogP contribution >= 0.6 is 0 Å². The molecule has 0 aromatic carbocycles. The van der Waals surface area contributed by atoms with Gasteiger partial charge in [0.1, 0.15) is 0 Å². The van der Waals surface area contributed by atoms with Crippen LogP contribution in [0.25, 0.3) is 0 Å². The molecule has 1 fully saturated rings.